The zero-order valence-electron chi connectivity index (χ0n) is 11.6. The maximum Gasteiger partial charge on any atom is 0.0589 e. The Balaban J connectivity index is 1.68. The minimum Gasteiger partial charge on any atom is -0.309 e. The summed E-state index contributed by atoms with van der Waals surface area (Å²) in [6, 6.07) is 4.42. The summed E-state index contributed by atoms with van der Waals surface area (Å²) in [5.74, 6) is 2.91. The van der Waals surface area contributed by atoms with Crippen molar-refractivity contribution in [2.75, 3.05) is 6.54 Å². The number of hydrogen-bond acceptors (Lipinski definition) is 2. The lowest BCUT2D eigenvalue weighted by molar-refractivity contribution is 0.278. The van der Waals surface area contributed by atoms with Crippen molar-refractivity contribution in [3.63, 3.8) is 0 Å². The quantitative estimate of drug-likeness (QED) is 0.873. The van der Waals surface area contributed by atoms with Crippen molar-refractivity contribution in [1.82, 2.24) is 10.3 Å². The van der Waals surface area contributed by atoms with Crippen molar-refractivity contribution < 1.29 is 0 Å². The molecule has 1 N–H and O–H groups in total. The zero-order chi connectivity index (χ0) is 13.2. The fraction of sp³-hybridized carbons (Fsp3) is 0.688. The summed E-state index contributed by atoms with van der Waals surface area (Å²) in [7, 11) is 0. The molecule has 0 spiro atoms. The van der Waals surface area contributed by atoms with Gasteiger partial charge < -0.3 is 5.32 Å². The van der Waals surface area contributed by atoms with Crippen molar-refractivity contribution in [2.24, 2.45) is 17.8 Å². The van der Waals surface area contributed by atoms with E-state index in [1.165, 1.54) is 32.1 Å². The molecule has 4 unspecified atom stereocenters. The van der Waals surface area contributed by atoms with Crippen LogP contribution in [0.25, 0.3) is 0 Å². The highest BCUT2D eigenvalue weighted by molar-refractivity contribution is 6.30. The topological polar surface area (TPSA) is 24.9 Å². The third-order valence-electron chi connectivity index (χ3n) is 4.98. The smallest absolute Gasteiger partial charge is 0.0589 e. The molecule has 0 radical (unpaired) electrons. The molecular formula is C16H23ClN2. The van der Waals surface area contributed by atoms with Crippen LogP contribution in [-0.4, -0.2) is 11.5 Å². The van der Waals surface area contributed by atoms with E-state index in [4.69, 9.17) is 11.6 Å². The van der Waals surface area contributed by atoms with Crippen LogP contribution >= 0.6 is 11.6 Å². The Morgan fingerprint density at radius 3 is 2.84 bits per heavy atom. The second-order valence-electron chi connectivity index (χ2n) is 6.18. The molecule has 4 atom stereocenters. The average molecular weight is 279 g/mol. The summed E-state index contributed by atoms with van der Waals surface area (Å²) in [6.07, 6.45) is 8.87. The Morgan fingerprint density at radius 2 is 2.26 bits per heavy atom. The molecule has 1 aromatic rings. The van der Waals surface area contributed by atoms with Crippen molar-refractivity contribution in [1.29, 1.82) is 0 Å². The Bertz CT molecular complexity index is 417. The number of nitrogens with one attached hydrogen (secondary N) is 1. The van der Waals surface area contributed by atoms with Gasteiger partial charge in [0.2, 0.25) is 0 Å². The lowest BCUT2D eigenvalue weighted by Crippen LogP contribution is -2.26. The highest BCUT2D eigenvalue weighted by Crippen LogP contribution is 2.50. The van der Waals surface area contributed by atoms with Gasteiger partial charge in [0, 0.05) is 12.2 Å². The predicted octanol–water partition coefficient (Wildman–Crippen LogP) is 4.21. The molecule has 1 aromatic heterocycles. The van der Waals surface area contributed by atoms with Crippen LogP contribution in [-0.2, 0) is 0 Å². The van der Waals surface area contributed by atoms with Crippen LogP contribution in [0.1, 0.15) is 50.8 Å². The maximum atomic E-state index is 5.93. The van der Waals surface area contributed by atoms with Crippen molar-refractivity contribution in [2.45, 2.75) is 45.1 Å². The molecule has 19 heavy (non-hydrogen) atoms. The molecule has 0 amide bonds. The summed E-state index contributed by atoms with van der Waals surface area (Å²) in [5.41, 5.74) is 1.15. The highest BCUT2D eigenvalue weighted by Gasteiger charge is 2.40. The fourth-order valence-corrected chi connectivity index (χ4v) is 4.23. The van der Waals surface area contributed by atoms with Crippen molar-refractivity contribution in [3.05, 3.63) is 29.0 Å². The normalized spacial score (nSPS) is 30.7. The number of aromatic nitrogens is 1. The molecule has 1 heterocycles. The van der Waals surface area contributed by atoms with E-state index in [1.807, 2.05) is 6.07 Å². The van der Waals surface area contributed by atoms with Crippen molar-refractivity contribution >= 4 is 11.6 Å². The van der Waals surface area contributed by atoms with E-state index >= 15 is 0 Å². The molecule has 0 saturated heterocycles. The lowest BCUT2D eigenvalue weighted by Gasteiger charge is -2.27. The first-order valence-electron chi connectivity index (χ1n) is 7.61. The van der Waals surface area contributed by atoms with Gasteiger partial charge in [-0.3, -0.25) is 4.98 Å². The second-order valence-corrected chi connectivity index (χ2v) is 6.62. The molecular weight excluding hydrogens is 256 g/mol. The van der Waals surface area contributed by atoms with E-state index in [0.29, 0.717) is 6.04 Å². The van der Waals surface area contributed by atoms with Crippen LogP contribution in [0.4, 0.5) is 0 Å². The van der Waals surface area contributed by atoms with Crippen LogP contribution in [0.3, 0.4) is 0 Å². The SMILES string of the molecule is CCNC(CC1CC2CCC1C2)c1ccc(Cl)cn1. The van der Waals surface area contributed by atoms with Gasteiger partial charge in [0.25, 0.3) is 0 Å². The third kappa shape index (κ3) is 2.95. The average Bonchev–Trinajstić information content (AvgIpc) is 3.01. The number of nitrogens with zero attached hydrogens (tertiary/aromatic N) is 1. The molecule has 0 aromatic carbocycles. The van der Waals surface area contributed by atoms with E-state index in [1.54, 1.807) is 6.20 Å². The number of fused-ring (bicyclic) bond motifs is 2. The first kappa shape index (κ1) is 13.4. The number of halogens is 1. The standard InChI is InChI=1S/C16H23ClN2/c1-2-18-16(15-6-5-14(17)10-19-15)9-13-8-11-3-4-12(13)7-11/h5-6,10-13,16,18H,2-4,7-9H2,1H3. The van der Waals surface area contributed by atoms with Crippen LogP contribution in [0.5, 0.6) is 0 Å². The third-order valence-corrected chi connectivity index (χ3v) is 5.20. The summed E-state index contributed by atoms with van der Waals surface area (Å²) in [4.78, 5) is 4.51. The molecule has 2 nitrogen and oxygen atoms in total. The first-order chi connectivity index (χ1) is 9.26. The van der Waals surface area contributed by atoms with E-state index in [-0.39, 0.29) is 0 Å². The molecule has 104 valence electrons. The molecule has 2 aliphatic rings. The van der Waals surface area contributed by atoms with Crippen LogP contribution in [0.2, 0.25) is 5.02 Å². The molecule has 3 rings (SSSR count). The Hall–Kier alpha value is -0.600. The Labute approximate surface area is 121 Å². The molecule has 2 fully saturated rings. The first-order valence-corrected chi connectivity index (χ1v) is 7.99. The van der Waals surface area contributed by atoms with Gasteiger partial charge in [0.1, 0.15) is 0 Å². The summed E-state index contributed by atoms with van der Waals surface area (Å²) in [5, 5.41) is 4.32. The molecule has 2 saturated carbocycles. The van der Waals surface area contributed by atoms with Gasteiger partial charge in [0.05, 0.1) is 10.7 Å². The van der Waals surface area contributed by atoms with Crippen molar-refractivity contribution in [3.8, 4) is 0 Å². The summed E-state index contributed by atoms with van der Waals surface area (Å²) >= 11 is 5.93. The predicted molar refractivity (Wildman–Crippen MR) is 79.2 cm³/mol. The van der Waals surface area contributed by atoms with Gasteiger partial charge in [0.15, 0.2) is 0 Å². The van der Waals surface area contributed by atoms with Gasteiger partial charge in [-0.2, -0.15) is 0 Å². The Kier molecular flexibility index (Phi) is 4.09. The van der Waals surface area contributed by atoms with Gasteiger partial charge in [-0.1, -0.05) is 24.9 Å². The maximum absolute atomic E-state index is 5.93. The molecule has 3 heteroatoms. The molecule has 0 aliphatic heterocycles. The Morgan fingerprint density at radius 1 is 1.37 bits per heavy atom. The zero-order valence-corrected chi connectivity index (χ0v) is 12.4. The number of pyridine rings is 1. The minimum absolute atomic E-state index is 0.395. The monoisotopic (exact) mass is 278 g/mol. The lowest BCUT2D eigenvalue weighted by atomic mass is 9.83. The number of rotatable bonds is 5. The summed E-state index contributed by atoms with van der Waals surface area (Å²) in [6.45, 7) is 3.17. The highest BCUT2D eigenvalue weighted by atomic mass is 35.5. The van der Waals surface area contributed by atoms with E-state index in [2.05, 4.69) is 23.3 Å². The van der Waals surface area contributed by atoms with E-state index < -0.39 is 0 Å². The number of hydrogen-bond donors (Lipinski definition) is 1. The summed E-state index contributed by atoms with van der Waals surface area (Å²) < 4.78 is 0. The van der Waals surface area contributed by atoms with E-state index in [0.717, 1.165) is 35.0 Å². The fourth-order valence-electron chi connectivity index (χ4n) is 4.12. The minimum atomic E-state index is 0.395. The molecule has 2 bridgehead atoms. The second kappa shape index (κ2) is 5.80. The van der Waals surface area contributed by atoms with Gasteiger partial charge >= 0.3 is 0 Å². The van der Waals surface area contributed by atoms with Crippen LogP contribution in [0, 0.1) is 17.8 Å². The van der Waals surface area contributed by atoms with E-state index in [9.17, 15) is 0 Å². The molecule has 2 aliphatic carbocycles. The van der Waals surface area contributed by atoms with Crippen LogP contribution in [0.15, 0.2) is 18.3 Å². The van der Waals surface area contributed by atoms with Gasteiger partial charge in [-0.25, -0.2) is 0 Å². The largest absolute Gasteiger partial charge is 0.309 e. The van der Waals surface area contributed by atoms with Crippen LogP contribution < -0.4 is 5.32 Å². The van der Waals surface area contributed by atoms with Gasteiger partial charge in [-0.05, 0) is 62.1 Å². The van der Waals surface area contributed by atoms with Gasteiger partial charge in [-0.15, -0.1) is 0 Å².